The van der Waals surface area contributed by atoms with Crippen molar-refractivity contribution in [2.45, 2.75) is 6.18 Å². The summed E-state index contributed by atoms with van der Waals surface area (Å²) in [4.78, 5) is 3.93. The molecule has 0 radical (unpaired) electrons. The van der Waals surface area contributed by atoms with Crippen molar-refractivity contribution in [3.05, 3.63) is 41.0 Å². The molecule has 7 heteroatoms. The number of ether oxygens (including phenoxy) is 2. The Hall–Kier alpha value is -1.95. The SMILES string of the molecule is COc1cccc(-c2cc(C(F)(F)F)cc(Cl)n2)c1OC. The van der Waals surface area contributed by atoms with Gasteiger partial charge in [-0.05, 0) is 24.3 Å². The summed E-state index contributed by atoms with van der Waals surface area (Å²) in [5.41, 5.74) is -0.446. The van der Waals surface area contributed by atoms with Gasteiger partial charge in [-0.1, -0.05) is 17.7 Å². The lowest BCUT2D eigenvalue weighted by Crippen LogP contribution is -2.06. The largest absolute Gasteiger partial charge is 0.493 e. The Bertz CT molecular complexity index is 659. The normalized spacial score (nSPS) is 11.3. The van der Waals surface area contributed by atoms with E-state index >= 15 is 0 Å². The van der Waals surface area contributed by atoms with Crippen LogP contribution in [0.5, 0.6) is 11.5 Å². The summed E-state index contributed by atoms with van der Waals surface area (Å²) in [6.07, 6.45) is -4.51. The minimum absolute atomic E-state index is 0.0607. The molecule has 0 amide bonds. The molecule has 0 unspecified atom stereocenters. The highest BCUT2D eigenvalue weighted by Crippen LogP contribution is 2.39. The standard InChI is InChI=1S/C14H11ClF3NO2/c1-20-11-5-3-4-9(13(11)21-2)10-6-8(14(16,17)18)7-12(15)19-10/h3-7H,1-2H3. The summed E-state index contributed by atoms with van der Waals surface area (Å²) in [5, 5.41) is -0.246. The Labute approximate surface area is 124 Å². The first kappa shape index (κ1) is 15.4. The second kappa shape index (κ2) is 5.81. The Kier molecular flexibility index (Phi) is 4.27. The number of nitrogens with zero attached hydrogens (tertiary/aromatic N) is 1. The molecule has 2 aromatic rings. The van der Waals surface area contributed by atoms with E-state index in [0.29, 0.717) is 17.1 Å². The number of para-hydroxylation sites is 1. The topological polar surface area (TPSA) is 31.4 Å². The molecule has 0 N–H and O–H groups in total. The van der Waals surface area contributed by atoms with Gasteiger partial charge in [-0.3, -0.25) is 0 Å². The Morgan fingerprint density at radius 2 is 1.81 bits per heavy atom. The van der Waals surface area contributed by atoms with Crippen molar-refractivity contribution in [1.29, 1.82) is 0 Å². The van der Waals surface area contributed by atoms with Gasteiger partial charge in [0.05, 0.1) is 25.5 Å². The number of aromatic nitrogens is 1. The van der Waals surface area contributed by atoms with Crippen molar-refractivity contribution in [3.63, 3.8) is 0 Å². The molecule has 0 atom stereocenters. The zero-order valence-electron chi connectivity index (χ0n) is 11.2. The monoisotopic (exact) mass is 317 g/mol. The third-order valence-electron chi connectivity index (χ3n) is 2.80. The fourth-order valence-corrected chi connectivity index (χ4v) is 2.10. The maximum Gasteiger partial charge on any atom is 0.416 e. The van der Waals surface area contributed by atoms with Crippen LogP contribution in [0, 0.1) is 0 Å². The van der Waals surface area contributed by atoms with Crippen LogP contribution in [-0.4, -0.2) is 19.2 Å². The molecule has 1 aromatic carbocycles. The van der Waals surface area contributed by atoms with Crippen LogP contribution in [0.15, 0.2) is 30.3 Å². The summed E-state index contributed by atoms with van der Waals surface area (Å²) >= 11 is 5.69. The number of alkyl halides is 3. The summed E-state index contributed by atoms with van der Waals surface area (Å²) < 4.78 is 48.9. The Balaban J connectivity index is 2.65. The van der Waals surface area contributed by atoms with E-state index < -0.39 is 11.7 Å². The number of halogens is 4. The van der Waals surface area contributed by atoms with Gasteiger partial charge in [0.15, 0.2) is 11.5 Å². The van der Waals surface area contributed by atoms with E-state index in [-0.39, 0.29) is 10.8 Å². The van der Waals surface area contributed by atoms with Gasteiger partial charge in [0.25, 0.3) is 0 Å². The molecule has 0 spiro atoms. The summed E-state index contributed by atoms with van der Waals surface area (Å²) in [6, 6.07) is 6.55. The third-order valence-corrected chi connectivity index (χ3v) is 2.99. The molecule has 0 saturated heterocycles. The molecular formula is C14H11ClF3NO2. The van der Waals surface area contributed by atoms with E-state index in [2.05, 4.69) is 4.98 Å². The van der Waals surface area contributed by atoms with Crippen LogP contribution in [0.2, 0.25) is 5.15 Å². The van der Waals surface area contributed by atoms with Gasteiger partial charge < -0.3 is 9.47 Å². The fourth-order valence-electron chi connectivity index (χ4n) is 1.89. The van der Waals surface area contributed by atoms with Crippen molar-refractivity contribution < 1.29 is 22.6 Å². The molecule has 0 aliphatic heterocycles. The van der Waals surface area contributed by atoms with Crippen LogP contribution in [0.4, 0.5) is 13.2 Å². The number of hydrogen-bond acceptors (Lipinski definition) is 3. The van der Waals surface area contributed by atoms with Gasteiger partial charge in [0.1, 0.15) is 5.15 Å². The first-order valence-electron chi connectivity index (χ1n) is 5.83. The van der Waals surface area contributed by atoms with Gasteiger partial charge in [-0.2, -0.15) is 13.2 Å². The zero-order chi connectivity index (χ0) is 15.6. The summed E-state index contributed by atoms with van der Waals surface area (Å²) in [6.45, 7) is 0. The first-order chi connectivity index (χ1) is 9.86. The molecule has 1 heterocycles. The molecule has 2 rings (SSSR count). The van der Waals surface area contributed by atoms with Crippen molar-refractivity contribution in [1.82, 2.24) is 4.98 Å². The molecular weight excluding hydrogens is 307 g/mol. The molecule has 0 aliphatic rings. The van der Waals surface area contributed by atoms with Crippen molar-refractivity contribution in [2.24, 2.45) is 0 Å². The molecule has 1 aromatic heterocycles. The first-order valence-corrected chi connectivity index (χ1v) is 6.20. The number of rotatable bonds is 3. The van der Waals surface area contributed by atoms with Crippen LogP contribution in [0.1, 0.15) is 5.56 Å². The van der Waals surface area contributed by atoms with Crippen molar-refractivity contribution in [3.8, 4) is 22.8 Å². The van der Waals surface area contributed by atoms with Gasteiger partial charge in [-0.25, -0.2) is 4.98 Å². The smallest absolute Gasteiger partial charge is 0.416 e. The van der Waals surface area contributed by atoms with E-state index in [9.17, 15) is 13.2 Å². The minimum atomic E-state index is -4.51. The second-order valence-electron chi connectivity index (χ2n) is 4.10. The third kappa shape index (κ3) is 3.21. The number of benzene rings is 1. The lowest BCUT2D eigenvalue weighted by Gasteiger charge is -2.14. The average Bonchev–Trinajstić information content (AvgIpc) is 2.44. The van der Waals surface area contributed by atoms with Gasteiger partial charge >= 0.3 is 6.18 Å². The molecule has 0 fully saturated rings. The van der Waals surface area contributed by atoms with E-state index in [1.54, 1.807) is 18.2 Å². The average molecular weight is 318 g/mol. The van der Waals surface area contributed by atoms with E-state index in [0.717, 1.165) is 12.1 Å². The molecule has 112 valence electrons. The van der Waals surface area contributed by atoms with Crippen LogP contribution in [0.3, 0.4) is 0 Å². The highest BCUT2D eigenvalue weighted by molar-refractivity contribution is 6.29. The number of pyridine rings is 1. The lowest BCUT2D eigenvalue weighted by atomic mass is 10.1. The number of methoxy groups -OCH3 is 2. The zero-order valence-corrected chi connectivity index (χ0v) is 11.9. The van der Waals surface area contributed by atoms with E-state index in [1.165, 1.54) is 14.2 Å². The predicted molar refractivity (Wildman–Crippen MR) is 72.8 cm³/mol. The highest BCUT2D eigenvalue weighted by atomic mass is 35.5. The molecule has 21 heavy (non-hydrogen) atoms. The van der Waals surface area contributed by atoms with Crippen LogP contribution in [-0.2, 0) is 6.18 Å². The van der Waals surface area contributed by atoms with Gasteiger partial charge in [0.2, 0.25) is 0 Å². The Morgan fingerprint density at radius 1 is 1.10 bits per heavy atom. The molecule has 0 saturated carbocycles. The van der Waals surface area contributed by atoms with Crippen LogP contribution >= 0.6 is 11.6 Å². The number of hydrogen-bond donors (Lipinski definition) is 0. The van der Waals surface area contributed by atoms with E-state index in [1.807, 2.05) is 0 Å². The highest BCUT2D eigenvalue weighted by Gasteiger charge is 2.32. The predicted octanol–water partition coefficient (Wildman–Crippen LogP) is 4.44. The molecule has 0 aliphatic carbocycles. The van der Waals surface area contributed by atoms with Gasteiger partial charge in [0, 0.05) is 5.56 Å². The second-order valence-corrected chi connectivity index (χ2v) is 4.49. The van der Waals surface area contributed by atoms with Gasteiger partial charge in [-0.15, -0.1) is 0 Å². The van der Waals surface area contributed by atoms with E-state index in [4.69, 9.17) is 21.1 Å². The maximum atomic E-state index is 12.8. The fraction of sp³-hybridized carbons (Fsp3) is 0.214. The van der Waals surface area contributed by atoms with Crippen LogP contribution in [0.25, 0.3) is 11.3 Å². The molecule has 0 bridgehead atoms. The van der Waals surface area contributed by atoms with Crippen molar-refractivity contribution in [2.75, 3.05) is 14.2 Å². The summed E-state index contributed by atoms with van der Waals surface area (Å²) in [5.74, 6) is 0.688. The quantitative estimate of drug-likeness (QED) is 0.784. The van der Waals surface area contributed by atoms with Crippen LogP contribution < -0.4 is 9.47 Å². The maximum absolute atomic E-state index is 12.8. The molecule has 3 nitrogen and oxygen atoms in total. The minimum Gasteiger partial charge on any atom is -0.493 e. The summed E-state index contributed by atoms with van der Waals surface area (Å²) in [7, 11) is 2.84. The lowest BCUT2D eigenvalue weighted by molar-refractivity contribution is -0.137. The van der Waals surface area contributed by atoms with Crippen molar-refractivity contribution >= 4 is 11.6 Å². The Morgan fingerprint density at radius 3 is 2.38 bits per heavy atom.